The van der Waals surface area contributed by atoms with Crippen LogP contribution in [0.1, 0.15) is 0 Å². The van der Waals surface area contributed by atoms with Crippen LogP contribution in [0.2, 0.25) is 0 Å². The molecule has 720 valence electrons. The molecule has 0 aromatic rings. The maximum absolute atomic E-state index is 8.74. The fourth-order valence-corrected chi connectivity index (χ4v) is 0. The first-order chi connectivity index (χ1) is 52.0. The summed E-state index contributed by atoms with van der Waals surface area (Å²) in [5.41, 5.74) is 0. The van der Waals surface area contributed by atoms with Gasteiger partial charge in [0.2, 0.25) is 0 Å². The Morgan fingerprint density at radius 3 is 0.0826 bits per heavy atom. The molecule has 0 saturated heterocycles. The van der Waals surface area contributed by atoms with Crippen LogP contribution in [0.15, 0.2) is 0 Å². The molecule has 0 aromatic carbocycles. The van der Waals surface area contributed by atoms with Crippen LogP contribution in [0.5, 0.6) is 0 Å². The molecule has 0 radical (unpaired) electrons. The summed E-state index contributed by atoms with van der Waals surface area (Å²) in [4.78, 5) is 431. The molecule has 0 spiro atoms. The Kier molecular flexibility index (Phi) is 353. The Labute approximate surface area is 721 Å². The molecule has 0 saturated carbocycles. The van der Waals surface area contributed by atoms with E-state index in [1.807, 2.05) is 0 Å². The van der Waals surface area contributed by atoms with E-state index in [0.29, 0.717) is 0 Å². The van der Waals surface area contributed by atoms with E-state index < -0.39 is 275 Å². The van der Waals surface area contributed by atoms with Crippen LogP contribution in [0.4, 0.5) is 0 Å². The van der Waals surface area contributed by atoms with Gasteiger partial charge in [0.15, 0.2) is 0 Å². The third-order valence-electron chi connectivity index (χ3n) is 0. The van der Waals surface area contributed by atoms with Crippen LogP contribution >= 0.6 is 0 Å². The minimum Gasteiger partial charge on any atom is -0.604 e. The quantitative estimate of drug-likeness (QED) is 0.100. The van der Waals surface area contributed by atoms with E-state index in [-0.39, 0.29) is 29.6 Å². The van der Waals surface area contributed by atoms with Crippen molar-refractivity contribution >= 4 is 275 Å². The third kappa shape index (κ3) is 11500. The molecule has 121 heteroatoms. The van der Waals surface area contributed by atoms with Gasteiger partial charge in [-0.1, -0.05) is 0 Å². The number of rotatable bonds is 0. The number of hydrogen-bond acceptors (Lipinski definition) is 31. The molecule has 0 aliphatic heterocycles. The Morgan fingerprint density at radius 1 is 0.0826 bits per heavy atom. The molecular weight excluding hydrogens is 2310 g/mol. The van der Waals surface area contributed by atoms with Crippen LogP contribution in [-0.4, -0.2) is 558 Å². The standard InChI is InChI=1S/Na.29H2O3Si.HO3Si/c;30*1-4(2)3/h;29*1-2H;1H/q+1;;;;;;;;;;;;;;;;;;;;;;;;;;;;;;-1. The first-order valence-corrected chi connectivity index (χ1v) is 58.6. The second-order valence-corrected chi connectivity index (χ2v) is 25.4. The molecule has 0 heterocycles. The van der Waals surface area contributed by atoms with Gasteiger partial charge in [0.25, 0.3) is 0 Å². The van der Waals surface area contributed by atoms with E-state index in [4.69, 9.17) is 422 Å². The van der Waals surface area contributed by atoms with Crippen molar-refractivity contribution in [1.29, 1.82) is 0 Å². The van der Waals surface area contributed by atoms with Crippen molar-refractivity contribution in [3.05, 3.63) is 0 Å². The van der Waals surface area contributed by atoms with Gasteiger partial charge in [0, 0.05) is 0 Å². The van der Waals surface area contributed by atoms with E-state index in [1.54, 1.807) is 0 Å². The fraction of sp³-hybridized carbons (Fsp3) is 0. The molecule has 0 fully saturated rings. The predicted octanol–water partition coefficient (Wildman–Crippen LogP) is -52.0. The van der Waals surface area contributed by atoms with Crippen LogP contribution in [0.25, 0.3) is 0 Å². The van der Waals surface area contributed by atoms with E-state index in [1.165, 1.54) is 0 Å². The molecular formula is H59NaO90Si30. The van der Waals surface area contributed by atoms with Gasteiger partial charge in [-0.3, -0.25) is 129 Å². The average molecular weight is 2360 g/mol. The summed E-state index contributed by atoms with van der Waals surface area (Å²) in [7, 11) is -94.1. The van der Waals surface area contributed by atoms with Gasteiger partial charge in [-0.05, 0) is 0 Å². The monoisotopic (exact) mass is 2360 g/mol. The summed E-state index contributed by atoms with van der Waals surface area (Å²) in [6.45, 7) is 0. The zero-order chi connectivity index (χ0) is 107. The molecule has 0 bridgehead atoms. The molecule has 0 amide bonds. The summed E-state index contributed by atoms with van der Waals surface area (Å²) < 4.78 is 262. The van der Waals surface area contributed by atoms with Crippen molar-refractivity contribution < 1.29 is 451 Å². The van der Waals surface area contributed by atoms with Crippen molar-refractivity contribution in [2.24, 2.45) is 0 Å². The first kappa shape index (κ1) is 210. The Balaban J connectivity index is -0.0000000239. The van der Waals surface area contributed by atoms with Crippen molar-refractivity contribution in [3.63, 3.8) is 0 Å². The average Bonchev–Trinajstić information content (AvgIpc) is 3.29. The maximum Gasteiger partial charge on any atom is 1.00 e. The zero-order valence-corrected chi connectivity index (χ0v) is 87.0. The molecule has 59 N–H and O–H groups in total. The Bertz CT molecular complexity index is 1680. The summed E-state index contributed by atoms with van der Waals surface area (Å²) in [6, 6.07) is 0. The molecule has 0 unspecified atom stereocenters. The van der Waals surface area contributed by atoms with Crippen LogP contribution in [0.3, 0.4) is 0 Å². The third-order valence-corrected chi connectivity index (χ3v) is 0. The van der Waals surface area contributed by atoms with Crippen molar-refractivity contribution in [2.45, 2.75) is 0 Å². The van der Waals surface area contributed by atoms with E-state index in [9.17, 15) is 0 Å². The molecule has 121 heavy (non-hydrogen) atoms. The van der Waals surface area contributed by atoms with Crippen molar-refractivity contribution in [2.75, 3.05) is 0 Å². The molecule has 0 rings (SSSR count). The fourth-order valence-electron chi connectivity index (χ4n) is 0. The molecule has 0 aliphatic rings. The minimum atomic E-state index is -3.38. The van der Waals surface area contributed by atoms with Gasteiger partial charge >= 0.3 is 305 Å². The van der Waals surface area contributed by atoms with Crippen LogP contribution < -0.4 is 34.4 Å². The number of hydrogen-bond donors (Lipinski definition) is 59. The van der Waals surface area contributed by atoms with Crippen LogP contribution in [-0.2, 0) is 134 Å². The van der Waals surface area contributed by atoms with Gasteiger partial charge in [0.05, 0.1) is 0 Å². The molecule has 0 aromatic heterocycles. The molecule has 90 nitrogen and oxygen atoms in total. The maximum atomic E-state index is 8.74. The first-order valence-electron chi connectivity index (χ1n) is 19.5. The van der Waals surface area contributed by atoms with Crippen LogP contribution in [0, 0.1) is 0 Å². The van der Waals surface area contributed by atoms with Gasteiger partial charge in [-0.25, -0.2) is 0 Å². The van der Waals surface area contributed by atoms with Gasteiger partial charge in [-0.15, -0.1) is 0 Å². The normalized spacial score (nSPS) is 5.95. The topological polar surface area (TPSA) is 1730 Å². The second-order valence-electron chi connectivity index (χ2n) is 8.46. The minimum absolute atomic E-state index is 0. The summed E-state index contributed by atoms with van der Waals surface area (Å²) in [6.07, 6.45) is 0. The van der Waals surface area contributed by atoms with Crippen molar-refractivity contribution in [3.8, 4) is 0 Å². The smallest absolute Gasteiger partial charge is 0.604 e. The Morgan fingerprint density at radius 2 is 0.0826 bits per heavy atom. The van der Waals surface area contributed by atoms with Gasteiger partial charge in [0.1, 0.15) is 0 Å². The predicted molar refractivity (Wildman–Crippen MR) is 324 cm³/mol. The van der Waals surface area contributed by atoms with E-state index in [2.05, 4.69) is 0 Å². The van der Waals surface area contributed by atoms with Gasteiger partial charge < -0.3 is 292 Å². The Hall–Kier alpha value is -10.5. The summed E-state index contributed by atoms with van der Waals surface area (Å²) in [5, 5.41) is 0. The largest absolute Gasteiger partial charge is 1.00 e. The molecule has 0 aliphatic carbocycles. The summed E-state index contributed by atoms with van der Waals surface area (Å²) >= 11 is 0. The van der Waals surface area contributed by atoms with E-state index >= 15 is 0 Å². The summed E-state index contributed by atoms with van der Waals surface area (Å²) in [5.74, 6) is 0. The zero-order valence-electron chi connectivity index (χ0n) is 55.0. The SMILES string of the molecule is O=[Si](O)O.O=[Si](O)O.O=[Si](O)O.O=[Si](O)O.O=[Si](O)O.O=[Si](O)O.O=[Si](O)O.O=[Si](O)O.O=[Si](O)O.O=[Si](O)O.O=[Si](O)O.O=[Si](O)O.O=[Si](O)O.O=[Si](O)O.O=[Si](O)O.O=[Si](O)O.O=[Si](O)O.O=[Si](O)O.O=[Si](O)O.O=[Si](O)O.O=[Si](O)O.O=[Si](O)O.O=[Si](O)O.O=[Si](O)O.O=[Si](O)O.O=[Si](O)O.O=[Si](O)O.O=[Si](O)O.O=[Si](O)O.O=[Si]([O-])O.[Na+]. The van der Waals surface area contributed by atoms with Gasteiger partial charge in [-0.2, -0.15) is 0 Å². The van der Waals surface area contributed by atoms with Crippen molar-refractivity contribution in [1.82, 2.24) is 0 Å². The van der Waals surface area contributed by atoms with E-state index in [0.717, 1.165) is 0 Å². The second kappa shape index (κ2) is 204. The molecule has 0 atom stereocenters.